The molecule has 4 rings (SSSR count). The molecule has 31 heavy (non-hydrogen) atoms. The highest BCUT2D eigenvalue weighted by Crippen LogP contribution is 2.39. The Morgan fingerprint density at radius 3 is 2.52 bits per heavy atom. The maximum absolute atomic E-state index is 13.0. The zero-order chi connectivity index (χ0) is 22.0. The number of imide groups is 1. The van der Waals surface area contributed by atoms with Crippen LogP contribution in [0.4, 0.5) is 9.80 Å². The average molecular weight is 448 g/mol. The van der Waals surface area contributed by atoms with Crippen LogP contribution in [0, 0.1) is 0 Å². The molecule has 2 heterocycles. The van der Waals surface area contributed by atoms with Crippen LogP contribution in [-0.2, 0) is 27.2 Å². The van der Waals surface area contributed by atoms with E-state index in [4.69, 9.17) is 4.74 Å². The van der Waals surface area contributed by atoms with E-state index in [2.05, 4.69) is 10.6 Å². The molecule has 1 saturated heterocycles. The number of ether oxygens (including phenoxy) is 1. The summed E-state index contributed by atoms with van der Waals surface area (Å²) in [6.45, 7) is 1.63. The summed E-state index contributed by atoms with van der Waals surface area (Å²) in [6, 6.07) is -0.516. The van der Waals surface area contributed by atoms with Gasteiger partial charge in [0.1, 0.15) is 17.1 Å². The van der Waals surface area contributed by atoms with Crippen molar-refractivity contribution in [3.8, 4) is 0 Å². The van der Waals surface area contributed by atoms with Crippen molar-refractivity contribution in [2.75, 3.05) is 18.5 Å². The fourth-order valence-corrected chi connectivity index (χ4v) is 6.17. The van der Waals surface area contributed by atoms with Gasteiger partial charge in [-0.1, -0.05) is 25.7 Å². The van der Waals surface area contributed by atoms with Gasteiger partial charge in [0.2, 0.25) is 5.91 Å². The number of urea groups is 1. The van der Waals surface area contributed by atoms with Crippen LogP contribution in [-0.4, -0.2) is 47.4 Å². The SMILES string of the molecule is CCOC(=O)c1c(NC(=O)CN2C(=O)NC3(CCCCCC3)C2=O)sc2c1CCCC2. The highest BCUT2D eigenvalue weighted by Gasteiger charge is 2.51. The Morgan fingerprint density at radius 2 is 1.81 bits per heavy atom. The molecule has 1 aromatic heterocycles. The van der Waals surface area contributed by atoms with Gasteiger partial charge in [-0.15, -0.1) is 11.3 Å². The summed E-state index contributed by atoms with van der Waals surface area (Å²) >= 11 is 1.39. The average Bonchev–Trinajstić information content (AvgIpc) is 3.07. The number of nitrogens with zero attached hydrogens (tertiary/aromatic N) is 1. The fourth-order valence-electron chi connectivity index (χ4n) is 4.87. The van der Waals surface area contributed by atoms with Crippen LogP contribution >= 0.6 is 11.3 Å². The Labute approximate surface area is 185 Å². The van der Waals surface area contributed by atoms with E-state index in [1.807, 2.05) is 0 Å². The van der Waals surface area contributed by atoms with E-state index < -0.39 is 23.4 Å². The third-order valence-corrected chi connectivity index (χ3v) is 7.62. The third-order valence-electron chi connectivity index (χ3n) is 6.41. The van der Waals surface area contributed by atoms with Crippen molar-refractivity contribution in [1.82, 2.24) is 10.2 Å². The number of carbonyl (C=O) groups excluding carboxylic acids is 4. The second-order valence-electron chi connectivity index (χ2n) is 8.50. The van der Waals surface area contributed by atoms with Crippen LogP contribution in [0.5, 0.6) is 0 Å². The van der Waals surface area contributed by atoms with E-state index in [9.17, 15) is 19.2 Å². The number of aryl methyl sites for hydroxylation is 1. The predicted molar refractivity (Wildman–Crippen MR) is 116 cm³/mol. The molecular weight excluding hydrogens is 418 g/mol. The minimum atomic E-state index is -0.869. The molecule has 0 bridgehead atoms. The Kier molecular flexibility index (Phi) is 6.31. The van der Waals surface area contributed by atoms with Crippen molar-refractivity contribution in [3.63, 3.8) is 0 Å². The first-order chi connectivity index (χ1) is 14.9. The Morgan fingerprint density at radius 1 is 1.10 bits per heavy atom. The van der Waals surface area contributed by atoms with Crippen LogP contribution in [0.2, 0.25) is 0 Å². The summed E-state index contributed by atoms with van der Waals surface area (Å²) < 4.78 is 5.22. The second kappa shape index (κ2) is 8.98. The standard InChI is InChI=1S/C22H29N3O5S/c1-2-30-19(27)17-14-9-5-6-10-15(14)31-18(17)23-16(26)13-25-20(28)22(24-21(25)29)11-7-3-4-8-12-22/h2-13H2,1H3,(H,23,26)(H,24,29). The summed E-state index contributed by atoms with van der Waals surface area (Å²) in [7, 11) is 0. The number of carbonyl (C=O) groups is 4. The van der Waals surface area contributed by atoms with E-state index in [0.29, 0.717) is 23.4 Å². The van der Waals surface area contributed by atoms with E-state index in [1.54, 1.807) is 6.92 Å². The minimum Gasteiger partial charge on any atom is -0.462 e. The molecule has 1 aliphatic heterocycles. The van der Waals surface area contributed by atoms with E-state index in [-0.39, 0.29) is 19.1 Å². The molecule has 2 aliphatic carbocycles. The Balaban J connectivity index is 1.50. The second-order valence-corrected chi connectivity index (χ2v) is 9.61. The van der Waals surface area contributed by atoms with Crippen molar-refractivity contribution in [2.45, 2.75) is 76.7 Å². The molecule has 3 aliphatic rings. The van der Waals surface area contributed by atoms with Crippen LogP contribution in [0.15, 0.2) is 0 Å². The summed E-state index contributed by atoms with van der Waals surface area (Å²) in [5.41, 5.74) is 0.510. The number of hydrogen-bond donors (Lipinski definition) is 2. The molecule has 1 aromatic rings. The molecule has 9 heteroatoms. The number of rotatable bonds is 5. The van der Waals surface area contributed by atoms with Crippen LogP contribution in [0.25, 0.3) is 0 Å². The van der Waals surface area contributed by atoms with Gasteiger partial charge in [0, 0.05) is 4.88 Å². The van der Waals surface area contributed by atoms with E-state index >= 15 is 0 Å². The van der Waals surface area contributed by atoms with Gasteiger partial charge in [0.15, 0.2) is 0 Å². The van der Waals surface area contributed by atoms with Gasteiger partial charge >= 0.3 is 12.0 Å². The van der Waals surface area contributed by atoms with Crippen molar-refractivity contribution in [2.24, 2.45) is 0 Å². The lowest BCUT2D eigenvalue weighted by Crippen LogP contribution is -2.47. The largest absolute Gasteiger partial charge is 0.462 e. The number of fused-ring (bicyclic) bond motifs is 1. The predicted octanol–water partition coefficient (Wildman–Crippen LogP) is 3.39. The highest BCUT2D eigenvalue weighted by molar-refractivity contribution is 7.17. The van der Waals surface area contributed by atoms with Gasteiger partial charge in [-0.05, 0) is 51.0 Å². The van der Waals surface area contributed by atoms with Crippen molar-refractivity contribution < 1.29 is 23.9 Å². The Hall–Kier alpha value is -2.42. The van der Waals surface area contributed by atoms with Crippen LogP contribution in [0.1, 0.15) is 79.1 Å². The highest BCUT2D eigenvalue weighted by atomic mass is 32.1. The number of hydrogen-bond acceptors (Lipinski definition) is 6. The molecular formula is C22H29N3O5S. The smallest absolute Gasteiger partial charge is 0.341 e. The molecule has 0 radical (unpaired) electrons. The molecule has 2 fully saturated rings. The zero-order valence-electron chi connectivity index (χ0n) is 17.9. The Bertz CT molecular complexity index is 901. The maximum atomic E-state index is 13.0. The lowest BCUT2D eigenvalue weighted by Gasteiger charge is -2.24. The van der Waals surface area contributed by atoms with Crippen molar-refractivity contribution in [1.29, 1.82) is 0 Å². The van der Waals surface area contributed by atoms with Gasteiger partial charge < -0.3 is 15.4 Å². The fraction of sp³-hybridized carbons (Fsp3) is 0.636. The minimum absolute atomic E-state index is 0.251. The summed E-state index contributed by atoms with van der Waals surface area (Å²) in [5, 5.41) is 6.08. The molecule has 2 N–H and O–H groups in total. The monoisotopic (exact) mass is 447 g/mol. The molecule has 0 aromatic carbocycles. The number of anilines is 1. The van der Waals surface area contributed by atoms with Gasteiger partial charge in [0.05, 0.1) is 12.2 Å². The van der Waals surface area contributed by atoms with Gasteiger partial charge in [-0.25, -0.2) is 9.59 Å². The van der Waals surface area contributed by atoms with Crippen molar-refractivity contribution >= 4 is 40.2 Å². The number of thiophene rings is 1. The first-order valence-corrected chi connectivity index (χ1v) is 12.0. The number of esters is 1. The summed E-state index contributed by atoms with van der Waals surface area (Å²) in [5.74, 6) is -1.24. The van der Waals surface area contributed by atoms with E-state index in [1.165, 1.54) is 11.3 Å². The number of amides is 4. The molecule has 1 saturated carbocycles. The normalized spacial score (nSPS) is 20.2. The molecule has 0 unspecified atom stereocenters. The lowest BCUT2D eigenvalue weighted by molar-refractivity contribution is -0.134. The van der Waals surface area contributed by atoms with Gasteiger partial charge in [0.25, 0.3) is 5.91 Å². The van der Waals surface area contributed by atoms with E-state index in [0.717, 1.165) is 66.7 Å². The first kappa shape index (κ1) is 21.8. The quantitative estimate of drug-likeness (QED) is 0.532. The lowest BCUT2D eigenvalue weighted by atomic mass is 9.90. The molecule has 4 amide bonds. The summed E-state index contributed by atoms with van der Waals surface area (Å²) in [4.78, 5) is 53.1. The molecule has 1 spiro atoms. The van der Waals surface area contributed by atoms with Gasteiger partial charge in [-0.3, -0.25) is 14.5 Å². The zero-order valence-corrected chi connectivity index (χ0v) is 18.7. The van der Waals surface area contributed by atoms with Crippen LogP contribution in [0.3, 0.4) is 0 Å². The number of nitrogens with one attached hydrogen (secondary N) is 2. The van der Waals surface area contributed by atoms with Gasteiger partial charge in [-0.2, -0.15) is 0 Å². The molecule has 0 atom stereocenters. The third kappa shape index (κ3) is 4.20. The molecule has 168 valence electrons. The molecule has 8 nitrogen and oxygen atoms in total. The maximum Gasteiger partial charge on any atom is 0.341 e. The van der Waals surface area contributed by atoms with Crippen LogP contribution < -0.4 is 10.6 Å². The topological polar surface area (TPSA) is 105 Å². The summed E-state index contributed by atoms with van der Waals surface area (Å²) in [6.07, 6.45) is 8.78. The first-order valence-electron chi connectivity index (χ1n) is 11.2. The van der Waals surface area contributed by atoms with Crippen molar-refractivity contribution in [3.05, 3.63) is 16.0 Å².